The van der Waals surface area contributed by atoms with Gasteiger partial charge in [-0.15, -0.1) is 0 Å². The zero-order chi connectivity index (χ0) is 19.6. The molecule has 0 radical (unpaired) electrons. The summed E-state index contributed by atoms with van der Waals surface area (Å²) in [5.74, 6) is 1.99. The number of aryl methyl sites for hydroxylation is 1. The summed E-state index contributed by atoms with van der Waals surface area (Å²) in [4.78, 5) is 12.4. The van der Waals surface area contributed by atoms with Gasteiger partial charge in [0.1, 0.15) is 6.10 Å². The number of fused-ring (bicyclic) bond motifs is 2. The molecule has 2 saturated heterocycles. The summed E-state index contributed by atoms with van der Waals surface area (Å²) in [5, 5.41) is 6.21. The predicted molar refractivity (Wildman–Crippen MR) is 106 cm³/mol. The molecule has 0 unspecified atom stereocenters. The van der Waals surface area contributed by atoms with Crippen LogP contribution in [0.1, 0.15) is 44.1 Å². The fraction of sp³-hybridized carbons (Fsp3) is 0.682. The molecule has 3 heterocycles. The van der Waals surface area contributed by atoms with Crippen LogP contribution >= 0.6 is 0 Å². The van der Waals surface area contributed by atoms with E-state index in [1.807, 2.05) is 6.07 Å². The van der Waals surface area contributed by atoms with Gasteiger partial charge in [-0.25, -0.2) is 4.79 Å². The third-order valence-corrected chi connectivity index (χ3v) is 6.65. The molecule has 0 aromatic heterocycles. The standard InChI is InChI=1S/C22H30N2O5/c25-22(23-16-4-2-1-3-5-16)24-17-12-27-20-15(11-26-21(17)20)8-6-14-7-9-18-19(10-14)29-13-28-18/h7,9-10,15-17,20-21H,1-6,8,11-13H2,(H2,23,24,25)/t15-,17-,20+,21+/m0/s1. The van der Waals surface area contributed by atoms with Crippen molar-refractivity contribution in [3.8, 4) is 11.5 Å². The molecular formula is C22H30N2O5. The highest BCUT2D eigenvalue weighted by Gasteiger charge is 2.47. The smallest absolute Gasteiger partial charge is 0.315 e. The highest BCUT2D eigenvalue weighted by molar-refractivity contribution is 5.74. The molecule has 29 heavy (non-hydrogen) atoms. The third-order valence-electron chi connectivity index (χ3n) is 6.65. The molecule has 4 atom stereocenters. The molecule has 0 bridgehead atoms. The number of hydrogen-bond acceptors (Lipinski definition) is 5. The van der Waals surface area contributed by atoms with E-state index in [1.165, 1.54) is 24.8 Å². The van der Waals surface area contributed by atoms with Gasteiger partial charge in [-0.05, 0) is 43.4 Å². The number of benzene rings is 1. The van der Waals surface area contributed by atoms with E-state index >= 15 is 0 Å². The number of rotatable bonds is 5. The average molecular weight is 402 g/mol. The van der Waals surface area contributed by atoms with Gasteiger partial charge in [0, 0.05) is 12.0 Å². The van der Waals surface area contributed by atoms with Crippen molar-refractivity contribution >= 4 is 6.03 Å². The van der Waals surface area contributed by atoms with E-state index in [2.05, 4.69) is 22.8 Å². The van der Waals surface area contributed by atoms with Crippen LogP contribution in [-0.2, 0) is 15.9 Å². The van der Waals surface area contributed by atoms with Gasteiger partial charge in [-0.3, -0.25) is 0 Å². The highest BCUT2D eigenvalue weighted by atomic mass is 16.7. The Morgan fingerprint density at radius 2 is 1.79 bits per heavy atom. The van der Waals surface area contributed by atoms with E-state index in [0.717, 1.165) is 37.2 Å². The first-order valence-electron chi connectivity index (χ1n) is 10.9. The minimum absolute atomic E-state index is 0.0474. The van der Waals surface area contributed by atoms with Gasteiger partial charge in [0.05, 0.1) is 25.4 Å². The first-order chi connectivity index (χ1) is 14.3. The number of hydrogen-bond donors (Lipinski definition) is 2. The molecule has 4 aliphatic rings. The predicted octanol–water partition coefficient (Wildman–Crippen LogP) is 2.76. The fourth-order valence-electron chi connectivity index (χ4n) is 5.04. The first kappa shape index (κ1) is 19.0. The minimum Gasteiger partial charge on any atom is -0.454 e. The molecule has 158 valence electrons. The van der Waals surface area contributed by atoms with Crippen LogP contribution in [0.15, 0.2) is 18.2 Å². The summed E-state index contributed by atoms with van der Waals surface area (Å²) in [7, 11) is 0. The maximum atomic E-state index is 12.4. The van der Waals surface area contributed by atoms with Gasteiger partial charge in [-0.1, -0.05) is 25.3 Å². The Kier molecular flexibility index (Phi) is 5.50. The maximum Gasteiger partial charge on any atom is 0.315 e. The Balaban J connectivity index is 1.11. The summed E-state index contributed by atoms with van der Waals surface area (Å²) in [6.45, 7) is 1.51. The fourth-order valence-corrected chi connectivity index (χ4v) is 5.04. The highest BCUT2D eigenvalue weighted by Crippen LogP contribution is 2.36. The topological polar surface area (TPSA) is 78.1 Å². The summed E-state index contributed by atoms with van der Waals surface area (Å²) in [6, 6.07) is 6.28. The zero-order valence-corrected chi connectivity index (χ0v) is 16.7. The van der Waals surface area contributed by atoms with E-state index < -0.39 is 0 Å². The second-order valence-corrected chi connectivity index (χ2v) is 8.64. The lowest BCUT2D eigenvalue weighted by molar-refractivity contribution is 0.0615. The molecule has 3 aliphatic heterocycles. The van der Waals surface area contributed by atoms with Crippen LogP contribution in [-0.4, -0.2) is 50.3 Å². The molecular weight excluding hydrogens is 372 g/mol. The van der Waals surface area contributed by atoms with Gasteiger partial charge in [0.2, 0.25) is 6.79 Å². The second-order valence-electron chi connectivity index (χ2n) is 8.64. The number of urea groups is 1. The monoisotopic (exact) mass is 402 g/mol. The van der Waals surface area contributed by atoms with Crippen LogP contribution in [0, 0.1) is 5.92 Å². The summed E-state index contributed by atoms with van der Waals surface area (Å²) < 4.78 is 22.9. The number of carbonyl (C=O) groups is 1. The van der Waals surface area contributed by atoms with Gasteiger partial charge in [0.25, 0.3) is 0 Å². The van der Waals surface area contributed by atoms with Gasteiger partial charge in [0.15, 0.2) is 11.5 Å². The number of carbonyl (C=O) groups excluding carboxylic acids is 1. The van der Waals surface area contributed by atoms with E-state index in [9.17, 15) is 4.79 Å². The largest absolute Gasteiger partial charge is 0.454 e. The second kappa shape index (κ2) is 8.40. The van der Waals surface area contributed by atoms with Crippen LogP contribution in [0.25, 0.3) is 0 Å². The molecule has 1 aromatic carbocycles. The summed E-state index contributed by atoms with van der Waals surface area (Å²) in [6.07, 6.45) is 7.80. The summed E-state index contributed by atoms with van der Waals surface area (Å²) >= 11 is 0. The van der Waals surface area contributed by atoms with Crippen molar-refractivity contribution in [2.75, 3.05) is 20.0 Å². The molecule has 7 nitrogen and oxygen atoms in total. The van der Waals surface area contributed by atoms with E-state index in [1.54, 1.807) is 0 Å². The van der Waals surface area contributed by atoms with Crippen molar-refractivity contribution < 1.29 is 23.7 Å². The zero-order valence-electron chi connectivity index (χ0n) is 16.7. The normalized spacial score (nSPS) is 30.9. The molecule has 0 spiro atoms. The van der Waals surface area contributed by atoms with Crippen LogP contribution < -0.4 is 20.1 Å². The van der Waals surface area contributed by atoms with Crippen LogP contribution in [0.5, 0.6) is 11.5 Å². The average Bonchev–Trinajstić information content (AvgIpc) is 3.44. The molecule has 1 aliphatic carbocycles. The van der Waals surface area contributed by atoms with Crippen molar-refractivity contribution in [3.05, 3.63) is 23.8 Å². The maximum absolute atomic E-state index is 12.4. The van der Waals surface area contributed by atoms with Gasteiger partial charge in [-0.2, -0.15) is 0 Å². The summed E-state index contributed by atoms with van der Waals surface area (Å²) in [5.41, 5.74) is 1.23. The van der Waals surface area contributed by atoms with Crippen molar-refractivity contribution in [1.29, 1.82) is 0 Å². The molecule has 1 saturated carbocycles. The lowest BCUT2D eigenvalue weighted by Gasteiger charge is -2.24. The quantitative estimate of drug-likeness (QED) is 0.792. The van der Waals surface area contributed by atoms with E-state index in [4.69, 9.17) is 18.9 Å². The Hall–Kier alpha value is -1.99. The molecule has 3 fully saturated rings. The van der Waals surface area contributed by atoms with Crippen molar-refractivity contribution in [2.45, 2.75) is 69.2 Å². The number of nitrogens with one attached hydrogen (secondary N) is 2. The van der Waals surface area contributed by atoms with Crippen molar-refractivity contribution in [2.24, 2.45) is 5.92 Å². The van der Waals surface area contributed by atoms with Crippen LogP contribution in [0.4, 0.5) is 4.79 Å². The number of ether oxygens (including phenoxy) is 4. The molecule has 1 aromatic rings. The molecule has 2 N–H and O–H groups in total. The molecule has 5 rings (SSSR count). The van der Waals surface area contributed by atoms with Crippen molar-refractivity contribution in [3.63, 3.8) is 0 Å². The Morgan fingerprint density at radius 3 is 2.69 bits per heavy atom. The SMILES string of the molecule is O=C(NC1CCCCC1)N[C@H]1CO[C@@H]2[C@@H](CCc3ccc4c(c3)OCO4)CO[C@@H]21. The molecule has 7 heteroatoms. The van der Waals surface area contributed by atoms with Gasteiger partial charge < -0.3 is 29.6 Å². The lowest BCUT2D eigenvalue weighted by Crippen LogP contribution is -2.50. The Morgan fingerprint density at radius 1 is 0.966 bits per heavy atom. The van der Waals surface area contributed by atoms with Crippen LogP contribution in [0.3, 0.4) is 0 Å². The van der Waals surface area contributed by atoms with E-state index in [-0.39, 0.29) is 24.3 Å². The first-order valence-corrected chi connectivity index (χ1v) is 10.9. The molecule has 2 amide bonds. The van der Waals surface area contributed by atoms with Crippen molar-refractivity contribution in [1.82, 2.24) is 10.6 Å². The Bertz CT molecular complexity index is 736. The third kappa shape index (κ3) is 4.16. The minimum atomic E-state index is -0.0847. The van der Waals surface area contributed by atoms with Crippen LogP contribution in [0.2, 0.25) is 0 Å². The Labute approximate surface area is 171 Å². The van der Waals surface area contributed by atoms with E-state index in [0.29, 0.717) is 32.0 Å². The lowest BCUT2D eigenvalue weighted by atomic mass is 9.93. The number of amides is 2. The van der Waals surface area contributed by atoms with Gasteiger partial charge >= 0.3 is 6.03 Å².